The minimum atomic E-state index is -0.372. The zero-order valence-electron chi connectivity index (χ0n) is 16.2. The predicted molar refractivity (Wildman–Crippen MR) is 114 cm³/mol. The monoisotopic (exact) mass is 370 g/mol. The second-order valence-electron chi connectivity index (χ2n) is 7.88. The highest BCUT2D eigenvalue weighted by atomic mass is 16.3. The van der Waals surface area contributed by atoms with Gasteiger partial charge < -0.3 is 4.42 Å². The topological polar surface area (TPSA) is 54.6 Å². The Morgan fingerprint density at radius 3 is 2.46 bits per heavy atom. The van der Waals surface area contributed by atoms with Crippen LogP contribution in [0.15, 0.2) is 76.2 Å². The lowest BCUT2D eigenvalue weighted by atomic mass is 9.87. The van der Waals surface area contributed by atoms with E-state index in [1.807, 2.05) is 48.5 Å². The number of carbonyl (C=O) groups is 1. The van der Waals surface area contributed by atoms with Crippen molar-refractivity contribution in [3.63, 3.8) is 0 Å². The van der Waals surface area contributed by atoms with Crippen LogP contribution in [0.25, 0.3) is 21.7 Å². The summed E-state index contributed by atoms with van der Waals surface area (Å²) in [5.74, 6) is -0.130. The summed E-state index contributed by atoms with van der Waals surface area (Å²) < 4.78 is 5.71. The molecule has 4 aromatic rings. The van der Waals surface area contributed by atoms with Crippen molar-refractivity contribution in [1.29, 1.82) is 0 Å². The third kappa shape index (κ3) is 3.54. The number of rotatable bonds is 3. The van der Waals surface area contributed by atoms with Crippen molar-refractivity contribution in [2.45, 2.75) is 26.2 Å². The van der Waals surface area contributed by atoms with E-state index in [-0.39, 0.29) is 17.1 Å². The first-order chi connectivity index (χ1) is 13.4. The van der Waals surface area contributed by atoms with Gasteiger partial charge in [-0.2, -0.15) is 5.10 Å². The smallest absolute Gasteiger partial charge is 0.307 e. The van der Waals surface area contributed by atoms with Crippen molar-refractivity contribution in [1.82, 2.24) is 5.43 Å². The minimum absolute atomic E-state index is 0.107. The van der Waals surface area contributed by atoms with E-state index in [2.05, 4.69) is 43.4 Å². The molecular weight excluding hydrogens is 348 g/mol. The maximum atomic E-state index is 12.4. The number of hydrazone groups is 1. The minimum Gasteiger partial charge on any atom is -0.451 e. The van der Waals surface area contributed by atoms with Gasteiger partial charge in [-0.3, -0.25) is 4.79 Å². The van der Waals surface area contributed by atoms with Crippen molar-refractivity contribution in [3.05, 3.63) is 83.6 Å². The van der Waals surface area contributed by atoms with E-state index in [1.54, 1.807) is 12.3 Å². The number of carbonyl (C=O) groups excluding carboxylic acids is 1. The number of hydrogen-bond acceptors (Lipinski definition) is 3. The van der Waals surface area contributed by atoms with Crippen molar-refractivity contribution in [2.24, 2.45) is 5.10 Å². The van der Waals surface area contributed by atoms with Gasteiger partial charge in [0, 0.05) is 5.39 Å². The van der Waals surface area contributed by atoms with Crippen LogP contribution in [-0.4, -0.2) is 12.1 Å². The van der Waals surface area contributed by atoms with Crippen LogP contribution in [-0.2, 0) is 5.41 Å². The van der Waals surface area contributed by atoms with Crippen LogP contribution in [0.4, 0.5) is 0 Å². The van der Waals surface area contributed by atoms with Gasteiger partial charge in [-0.05, 0) is 39.4 Å². The third-order valence-corrected chi connectivity index (χ3v) is 4.81. The fourth-order valence-electron chi connectivity index (χ4n) is 3.19. The molecular formula is C24H22N2O2. The molecule has 0 saturated heterocycles. The lowest BCUT2D eigenvalue weighted by Crippen LogP contribution is -2.16. The molecule has 0 radical (unpaired) electrons. The number of fused-ring (bicyclic) bond motifs is 3. The van der Waals surface area contributed by atoms with Crippen LogP contribution >= 0.6 is 0 Å². The second kappa shape index (κ2) is 6.97. The van der Waals surface area contributed by atoms with E-state index in [0.717, 1.165) is 21.7 Å². The van der Waals surface area contributed by atoms with Crippen molar-refractivity contribution >= 4 is 33.9 Å². The summed E-state index contributed by atoms with van der Waals surface area (Å²) in [5.41, 5.74) is 5.50. The van der Waals surface area contributed by atoms with Gasteiger partial charge in [0.2, 0.25) is 0 Å². The van der Waals surface area contributed by atoms with Gasteiger partial charge in [-0.15, -0.1) is 0 Å². The zero-order chi connectivity index (χ0) is 19.7. The highest BCUT2D eigenvalue weighted by Crippen LogP contribution is 2.28. The summed E-state index contributed by atoms with van der Waals surface area (Å²) in [6.07, 6.45) is 1.63. The number of nitrogens with one attached hydrogen (secondary N) is 1. The fourth-order valence-corrected chi connectivity index (χ4v) is 3.19. The molecule has 0 atom stereocenters. The number of benzene rings is 3. The van der Waals surface area contributed by atoms with Crippen LogP contribution in [0.2, 0.25) is 0 Å². The molecule has 4 nitrogen and oxygen atoms in total. The molecule has 1 heterocycles. The maximum Gasteiger partial charge on any atom is 0.307 e. The first-order valence-corrected chi connectivity index (χ1v) is 9.27. The molecule has 0 spiro atoms. The molecule has 1 N–H and O–H groups in total. The van der Waals surface area contributed by atoms with E-state index < -0.39 is 0 Å². The highest BCUT2D eigenvalue weighted by Gasteiger charge is 2.14. The van der Waals surface area contributed by atoms with Crippen molar-refractivity contribution in [2.75, 3.05) is 0 Å². The summed E-state index contributed by atoms with van der Waals surface area (Å²) in [4.78, 5) is 12.4. The average molecular weight is 370 g/mol. The zero-order valence-corrected chi connectivity index (χ0v) is 16.2. The molecule has 0 aliphatic heterocycles. The third-order valence-electron chi connectivity index (χ3n) is 4.81. The SMILES string of the molecule is CC(C)(C)c1ccc(/C=N/NC(=O)c2cc3c(ccc4ccccc43)o2)cc1. The second-order valence-corrected chi connectivity index (χ2v) is 7.88. The fraction of sp³-hybridized carbons (Fsp3) is 0.167. The van der Waals surface area contributed by atoms with Crippen LogP contribution < -0.4 is 5.43 Å². The van der Waals surface area contributed by atoms with E-state index >= 15 is 0 Å². The van der Waals surface area contributed by atoms with Gasteiger partial charge in [0.15, 0.2) is 5.76 Å². The molecule has 28 heavy (non-hydrogen) atoms. The number of nitrogens with zero attached hydrogens (tertiary/aromatic N) is 1. The highest BCUT2D eigenvalue weighted by molar-refractivity contribution is 6.08. The van der Waals surface area contributed by atoms with Gasteiger partial charge in [0.1, 0.15) is 5.58 Å². The normalized spacial score (nSPS) is 12.1. The van der Waals surface area contributed by atoms with E-state index in [4.69, 9.17) is 4.42 Å². The molecule has 1 amide bonds. The summed E-state index contributed by atoms with van der Waals surface area (Å²) >= 11 is 0. The van der Waals surface area contributed by atoms with Gasteiger partial charge in [-0.25, -0.2) is 5.43 Å². The molecule has 4 rings (SSSR count). The Morgan fingerprint density at radius 2 is 1.71 bits per heavy atom. The van der Waals surface area contributed by atoms with E-state index in [0.29, 0.717) is 5.58 Å². The maximum absolute atomic E-state index is 12.4. The Morgan fingerprint density at radius 1 is 0.964 bits per heavy atom. The van der Waals surface area contributed by atoms with Crippen LogP contribution in [0, 0.1) is 0 Å². The first-order valence-electron chi connectivity index (χ1n) is 9.27. The van der Waals surface area contributed by atoms with Gasteiger partial charge in [0.25, 0.3) is 0 Å². The van der Waals surface area contributed by atoms with Gasteiger partial charge in [0.05, 0.1) is 6.21 Å². The Hall–Kier alpha value is -3.40. The van der Waals surface area contributed by atoms with Crippen molar-refractivity contribution in [3.8, 4) is 0 Å². The molecule has 0 bridgehead atoms. The van der Waals surface area contributed by atoms with E-state index in [1.165, 1.54) is 5.56 Å². The van der Waals surface area contributed by atoms with Crippen molar-refractivity contribution < 1.29 is 9.21 Å². The quantitative estimate of drug-likeness (QED) is 0.374. The van der Waals surface area contributed by atoms with Crippen LogP contribution in [0.1, 0.15) is 42.5 Å². The Kier molecular flexibility index (Phi) is 4.47. The first kappa shape index (κ1) is 18.0. The largest absolute Gasteiger partial charge is 0.451 e. The lowest BCUT2D eigenvalue weighted by Gasteiger charge is -2.18. The summed E-state index contributed by atoms with van der Waals surface area (Å²) in [5, 5.41) is 7.15. The van der Waals surface area contributed by atoms with Crippen LogP contribution in [0.5, 0.6) is 0 Å². The molecule has 0 aliphatic carbocycles. The number of furan rings is 1. The molecule has 0 saturated carbocycles. The number of amides is 1. The molecule has 0 unspecified atom stereocenters. The number of hydrogen-bond donors (Lipinski definition) is 1. The molecule has 0 aliphatic rings. The standard InChI is InChI=1S/C24H22N2O2/c1-24(2,3)18-11-8-16(9-12-18)15-25-26-23(27)22-14-20-19-7-5-4-6-17(19)10-13-21(20)28-22/h4-15H,1-3H3,(H,26,27)/b25-15+. The van der Waals surface area contributed by atoms with E-state index in [9.17, 15) is 4.79 Å². The molecule has 3 aromatic carbocycles. The van der Waals surface area contributed by atoms with Gasteiger partial charge in [-0.1, -0.05) is 75.4 Å². The van der Waals surface area contributed by atoms with Crippen LogP contribution in [0.3, 0.4) is 0 Å². The Balaban J connectivity index is 1.51. The molecule has 4 heteroatoms. The lowest BCUT2D eigenvalue weighted by molar-refractivity contribution is 0.0929. The molecule has 0 fully saturated rings. The summed E-state index contributed by atoms with van der Waals surface area (Å²) in [6, 6.07) is 21.8. The average Bonchev–Trinajstić information content (AvgIpc) is 3.13. The van der Waals surface area contributed by atoms with Gasteiger partial charge >= 0.3 is 5.91 Å². The molecule has 140 valence electrons. The Labute approximate surface area is 163 Å². The molecule has 1 aromatic heterocycles. The summed E-state index contributed by atoms with van der Waals surface area (Å²) in [7, 11) is 0. The Bertz CT molecular complexity index is 1180. The predicted octanol–water partition coefficient (Wildman–Crippen LogP) is 5.65. The summed E-state index contributed by atoms with van der Waals surface area (Å²) in [6.45, 7) is 6.52.